The first-order valence-electron chi connectivity index (χ1n) is 8.98. The Labute approximate surface area is 175 Å². The number of nitrogens with zero attached hydrogens (tertiary/aromatic N) is 2. The third kappa shape index (κ3) is 3.14. The van der Waals surface area contributed by atoms with E-state index >= 15 is 0 Å². The number of fused-ring (bicyclic) bond motifs is 3. The molecule has 3 N–H and O–H groups in total. The number of halogens is 3. The molecule has 3 aliphatic heterocycles. The van der Waals surface area contributed by atoms with Crippen molar-refractivity contribution < 1.29 is 23.1 Å². The lowest BCUT2D eigenvalue weighted by molar-refractivity contribution is -0.0498. The highest BCUT2D eigenvalue weighted by molar-refractivity contribution is 6.31. The zero-order valence-electron chi connectivity index (χ0n) is 15.6. The van der Waals surface area contributed by atoms with Gasteiger partial charge in [-0.3, -0.25) is 4.90 Å². The fourth-order valence-corrected chi connectivity index (χ4v) is 3.70. The predicted molar refractivity (Wildman–Crippen MR) is 108 cm³/mol. The van der Waals surface area contributed by atoms with Gasteiger partial charge in [-0.1, -0.05) is 11.6 Å². The summed E-state index contributed by atoms with van der Waals surface area (Å²) in [7, 11) is 0. The van der Waals surface area contributed by atoms with E-state index in [2.05, 4.69) is 25.8 Å². The molecule has 5 rings (SSSR count). The number of aliphatic imine (C=N–C) groups is 1. The van der Waals surface area contributed by atoms with E-state index in [1.807, 2.05) is 30.0 Å². The fourth-order valence-electron chi connectivity index (χ4n) is 3.47. The molecule has 2 bridgehead atoms. The number of hydrogen-bond donors (Lipinski definition) is 3. The van der Waals surface area contributed by atoms with Crippen molar-refractivity contribution in [2.24, 2.45) is 4.99 Å². The Bertz CT molecular complexity index is 1080. The molecule has 3 aliphatic rings. The van der Waals surface area contributed by atoms with Crippen LogP contribution in [0.2, 0.25) is 5.02 Å². The van der Waals surface area contributed by atoms with Crippen LogP contribution < -0.4 is 30.5 Å². The Morgan fingerprint density at radius 3 is 3.00 bits per heavy atom. The average Bonchev–Trinajstić information content (AvgIpc) is 3.25. The third-order valence-corrected chi connectivity index (χ3v) is 4.96. The van der Waals surface area contributed by atoms with Crippen LogP contribution in [-0.2, 0) is 4.84 Å². The van der Waals surface area contributed by atoms with E-state index in [0.29, 0.717) is 18.2 Å². The Hall–Kier alpha value is -3.24. The second-order valence-corrected chi connectivity index (χ2v) is 7.20. The van der Waals surface area contributed by atoms with E-state index in [1.54, 1.807) is 12.3 Å². The zero-order valence-corrected chi connectivity index (χ0v) is 16.3. The van der Waals surface area contributed by atoms with Gasteiger partial charge in [0.1, 0.15) is 17.3 Å². The van der Waals surface area contributed by atoms with Crippen LogP contribution in [0.25, 0.3) is 0 Å². The molecule has 3 heterocycles. The number of nitrogens with one attached hydrogen (secondary N) is 3. The molecule has 156 valence electrons. The zero-order chi connectivity index (χ0) is 20.9. The van der Waals surface area contributed by atoms with Crippen molar-refractivity contribution in [2.75, 3.05) is 22.3 Å². The third-order valence-electron chi connectivity index (χ3n) is 4.74. The summed E-state index contributed by atoms with van der Waals surface area (Å²) in [6.45, 7) is -0.687. The highest BCUT2D eigenvalue weighted by Gasteiger charge is 2.49. The molecule has 0 spiro atoms. The minimum absolute atomic E-state index is 0.0838. The molecule has 11 heteroatoms. The van der Waals surface area contributed by atoms with Gasteiger partial charge in [0.05, 0.1) is 11.4 Å². The van der Waals surface area contributed by atoms with Gasteiger partial charge in [0.25, 0.3) is 0 Å². The molecule has 0 aliphatic carbocycles. The molecule has 0 radical (unpaired) electrons. The van der Waals surface area contributed by atoms with E-state index in [1.165, 1.54) is 12.1 Å². The molecule has 1 atom stereocenters. The molecule has 1 unspecified atom stereocenters. The first-order chi connectivity index (χ1) is 14.4. The number of alkyl halides is 2. The highest BCUT2D eigenvalue weighted by atomic mass is 35.5. The molecule has 1 fully saturated rings. The predicted octanol–water partition coefficient (Wildman–Crippen LogP) is 4.08. The van der Waals surface area contributed by atoms with Gasteiger partial charge in [-0.25, -0.2) is 15.3 Å². The largest absolute Gasteiger partial charge is 0.471 e. The molecule has 8 nitrogen and oxygen atoms in total. The Morgan fingerprint density at radius 2 is 2.17 bits per heavy atom. The normalized spacial score (nSPS) is 21.3. The van der Waals surface area contributed by atoms with E-state index in [-0.39, 0.29) is 10.8 Å². The molecule has 2 aromatic carbocycles. The summed E-state index contributed by atoms with van der Waals surface area (Å²) < 4.78 is 35.3. The molecule has 0 aromatic heterocycles. The summed E-state index contributed by atoms with van der Waals surface area (Å²) >= 11 is 6.09. The minimum atomic E-state index is -2.97. The monoisotopic (exact) mass is 435 g/mol. The molecule has 2 aromatic rings. The Balaban J connectivity index is 1.53. The van der Waals surface area contributed by atoms with Crippen molar-refractivity contribution >= 4 is 34.9 Å². The Morgan fingerprint density at radius 1 is 1.30 bits per heavy atom. The molecule has 0 amide bonds. The summed E-state index contributed by atoms with van der Waals surface area (Å²) in [4.78, 5) is 12.2. The maximum atomic E-state index is 12.7. The van der Waals surface area contributed by atoms with Gasteiger partial charge in [-0.05, 0) is 37.3 Å². The van der Waals surface area contributed by atoms with Gasteiger partial charge in [0.15, 0.2) is 6.73 Å². The molecular formula is C19H16ClF2N5O3. The van der Waals surface area contributed by atoms with Gasteiger partial charge in [-0.2, -0.15) is 8.78 Å². The number of hydroxylamine groups is 1. The smallest absolute Gasteiger partial charge is 0.387 e. The van der Waals surface area contributed by atoms with E-state index in [9.17, 15) is 8.78 Å². The number of rotatable bonds is 5. The Kier molecular flexibility index (Phi) is 4.33. The summed E-state index contributed by atoms with van der Waals surface area (Å²) in [5.41, 5.74) is 5.72. The van der Waals surface area contributed by atoms with Gasteiger partial charge in [-0.15, -0.1) is 0 Å². The van der Waals surface area contributed by atoms with Crippen molar-refractivity contribution in [3.05, 3.63) is 52.8 Å². The maximum Gasteiger partial charge on any atom is 0.387 e. The average molecular weight is 436 g/mol. The van der Waals surface area contributed by atoms with Crippen LogP contribution in [0, 0.1) is 0 Å². The van der Waals surface area contributed by atoms with Crippen LogP contribution >= 0.6 is 11.6 Å². The van der Waals surface area contributed by atoms with Crippen LogP contribution in [0.3, 0.4) is 0 Å². The summed E-state index contributed by atoms with van der Waals surface area (Å²) in [6.07, 6.45) is 1.66. The maximum absolute atomic E-state index is 12.7. The van der Waals surface area contributed by atoms with Crippen LogP contribution in [0.5, 0.6) is 11.5 Å². The SMILES string of the molecule is CC1=C2NOC(Nc3cc(Cl)cc(OC(F)F)c3)(N=C1)N2c1ccc2c(c1)NCO2. The van der Waals surface area contributed by atoms with Gasteiger partial charge >= 0.3 is 12.6 Å². The quantitative estimate of drug-likeness (QED) is 0.653. The molecular weight excluding hydrogens is 420 g/mol. The fraction of sp³-hybridized carbons (Fsp3) is 0.211. The standard InChI is InChI=1S/C19H16ClF2N5O3/c1-10-8-24-19(25-12-4-11(20)5-14(6-12)29-18(21)22)27(17(10)26-30-19)13-2-3-16-15(7-13)23-9-28-16/h2-8,18,23,25-26H,9H2,1H3. The van der Waals surface area contributed by atoms with Crippen LogP contribution in [0.4, 0.5) is 25.8 Å². The summed E-state index contributed by atoms with van der Waals surface area (Å²) in [6, 6.07) is 9.88. The van der Waals surface area contributed by atoms with Crippen LogP contribution in [0.1, 0.15) is 6.92 Å². The summed E-state index contributed by atoms with van der Waals surface area (Å²) in [5.74, 6) is -0.0613. The van der Waals surface area contributed by atoms with Gasteiger partial charge in [0, 0.05) is 28.6 Å². The number of anilines is 3. The van der Waals surface area contributed by atoms with Crippen molar-refractivity contribution in [1.29, 1.82) is 0 Å². The van der Waals surface area contributed by atoms with Gasteiger partial charge < -0.3 is 20.1 Å². The lowest BCUT2D eigenvalue weighted by Crippen LogP contribution is -2.51. The number of hydrogen-bond acceptors (Lipinski definition) is 8. The molecule has 1 saturated heterocycles. The summed E-state index contributed by atoms with van der Waals surface area (Å²) in [5, 5.41) is 6.49. The topological polar surface area (TPSA) is 79.4 Å². The van der Waals surface area contributed by atoms with Crippen molar-refractivity contribution in [2.45, 2.75) is 19.5 Å². The molecule has 30 heavy (non-hydrogen) atoms. The number of allylic oxidation sites excluding steroid dienone is 1. The highest BCUT2D eigenvalue weighted by Crippen LogP contribution is 2.42. The van der Waals surface area contributed by atoms with E-state index in [0.717, 1.165) is 22.7 Å². The number of ether oxygens (including phenoxy) is 2. The minimum Gasteiger partial charge on any atom is -0.471 e. The van der Waals surface area contributed by atoms with Crippen molar-refractivity contribution in [1.82, 2.24) is 5.48 Å². The van der Waals surface area contributed by atoms with Crippen LogP contribution in [0.15, 0.2) is 52.8 Å². The number of benzene rings is 2. The van der Waals surface area contributed by atoms with Crippen molar-refractivity contribution in [3.63, 3.8) is 0 Å². The van der Waals surface area contributed by atoms with E-state index in [4.69, 9.17) is 21.2 Å². The van der Waals surface area contributed by atoms with Gasteiger partial charge in [0.2, 0.25) is 0 Å². The second kappa shape index (κ2) is 6.92. The van der Waals surface area contributed by atoms with E-state index < -0.39 is 12.6 Å². The first kappa shape index (κ1) is 18.8. The lowest BCUT2D eigenvalue weighted by atomic mass is 10.2. The first-order valence-corrected chi connectivity index (χ1v) is 9.36. The lowest BCUT2D eigenvalue weighted by Gasteiger charge is -2.36. The second-order valence-electron chi connectivity index (χ2n) is 6.76. The van der Waals surface area contributed by atoms with Crippen molar-refractivity contribution in [3.8, 4) is 11.5 Å². The van der Waals surface area contributed by atoms with Crippen LogP contribution in [-0.4, -0.2) is 25.5 Å². The molecule has 0 saturated carbocycles.